The highest BCUT2D eigenvalue weighted by Crippen LogP contribution is 2.31. The number of hydrogen-bond donors (Lipinski definition) is 5. The minimum Gasteiger partial charge on any atom is -0.478 e. The van der Waals surface area contributed by atoms with Crippen molar-refractivity contribution in [3.05, 3.63) is 142 Å². The van der Waals surface area contributed by atoms with Crippen LogP contribution in [0.2, 0.25) is 0 Å². The molecule has 4 aromatic carbocycles. The Balaban J connectivity index is 0.000000289. The van der Waals surface area contributed by atoms with Crippen LogP contribution in [0, 0.1) is 0 Å². The maximum absolute atomic E-state index is 12.8. The van der Waals surface area contributed by atoms with Gasteiger partial charge in [-0.25, -0.2) is 14.8 Å². The molecule has 0 radical (unpaired) electrons. The highest BCUT2D eigenvalue weighted by Gasteiger charge is 2.31. The molecule has 0 saturated heterocycles. The molecular weight excluding hydrogens is 947 g/mol. The number of thioether (sulfide) groups is 2. The zero-order chi connectivity index (χ0) is 47.6. The van der Waals surface area contributed by atoms with E-state index in [0.29, 0.717) is 28.9 Å². The maximum Gasteiger partial charge on any atom is 0.416 e. The van der Waals surface area contributed by atoms with E-state index < -0.39 is 53.3 Å². The summed E-state index contributed by atoms with van der Waals surface area (Å²) in [5.74, 6) is -0.987. The summed E-state index contributed by atoms with van der Waals surface area (Å²) in [5, 5.41) is 21.2. The second-order valence-electron chi connectivity index (χ2n) is 13.4. The van der Waals surface area contributed by atoms with Gasteiger partial charge >= 0.3 is 18.3 Å². The van der Waals surface area contributed by atoms with Crippen molar-refractivity contribution in [1.29, 1.82) is 0 Å². The fraction of sp³-hybridized carbons (Fsp3) is 0.244. The summed E-state index contributed by atoms with van der Waals surface area (Å²) in [6.07, 6.45) is -4.00. The number of carbonyl (C=O) groups excluding carboxylic acids is 3. The van der Waals surface area contributed by atoms with Crippen LogP contribution in [-0.4, -0.2) is 74.9 Å². The molecule has 352 valence electrons. The minimum absolute atomic E-state index is 0. The van der Waals surface area contributed by atoms with Gasteiger partial charge in [0.1, 0.15) is 6.04 Å². The Hall–Kier alpha value is -5.74. The number of aromatic carboxylic acids is 1. The predicted molar refractivity (Wildman–Crippen MR) is 254 cm³/mol. The van der Waals surface area contributed by atoms with E-state index in [4.69, 9.17) is 10.8 Å². The summed E-state index contributed by atoms with van der Waals surface area (Å²) in [7, 11) is 0. The Morgan fingerprint density at radius 3 is 1.45 bits per heavy atom. The predicted octanol–water partition coefficient (Wildman–Crippen LogP) is 11.2. The summed E-state index contributed by atoms with van der Waals surface area (Å²) in [4.78, 5) is 56.3. The molecule has 3 amide bonds. The molecule has 0 aliphatic heterocycles. The molecule has 21 heteroatoms. The van der Waals surface area contributed by atoms with E-state index in [9.17, 15) is 45.5 Å². The molecule has 6 N–H and O–H groups in total. The molecule has 0 fully saturated rings. The van der Waals surface area contributed by atoms with Gasteiger partial charge in [-0.2, -0.15) is 49.9 Å². The Kier molecular flexibility index (Phi) is 21.9. The first kappa shape index (κ1) is 54.6. The van der Waals surface area contributed by atoms with Crippen molar-refractivity contribution in [2.24, 2.45) is 5.73 Å². The lowest BCUT2D eigenvalue weighted by Gasteiger charge is -2.17. The number of rotatable bonds is 15. The van der Waals surface area contributed by atoms with Crippen molar-refractivity contribution in [1.82, 2.24) is 15.3 Å². The Morgan fingerprint density at radius 1 is 0.636 bits per heavy atom. The Labute approximate surface area is 394 Å². The number of nitrogens with zero attached hydrogens (tertiary/aromatic N) is 2. The number of amides is 3. The molecule has 0 spiro atoms. The van der Waals surface area contributed by atoms with Gasteiger partial charge in [0.15, 0.2) is 10.3 Å². The number of hydrogen-bond acceptors (Lipinski definition) is 11. The van der Waals surface area contributed by atoms with E-state index in [1.165, 1.54) is 34.4 Å². The topological polar surface area (TPSA) is 176 Å². The lowest BCUT2D eigenvalue weighted by molar-refractivity contribution is -0.138. The number of thiazole rings is 2. The molecule has 0 aliphatic rings. The van der Waals surface area contributed by atoms with Crippen LogP contribution in [0.25, 0.3) is 22.5 Å². The van der Waals surface area contributed by atoms with Crippen LogP contribution in [0.1, 0.15) is 52.1 Å². The van der Waals surface area contributed by atoms with Crippen LogP contribution in [0.3, 0.4) is 0 Å². The van der Waals surface area contributed by atoms with Crippen molar-refractivity contribution in [2.75, 3.05) is 34.7 Å². The first-order chi connectivity index (χ1) is 30.9. The number of carbonyl (C=O) groups is 4. The molecule has 0 saturated carbocycles. The number of anilines is 2. The van der Waals surface area contributed by atoms with Crippen LogP contribution in [0.15, 0.2) is 120 Å². The lowest BCUT2D eigenvalue weighted by Crippen LogP contribution is -2.44. The number of nitrogens with two attached hydrogens (primary N) is 1. The molecular formula is C45H46F6N6O5S4. The molecule has 0 aliphatic carbocycles. The molecule has 2 aromatic heterocycles. The smallest absolute Gasteiger partial charge is 0.416 e. The van der Waals surface area contributed by atoms with E-state index in [1.807, 2.05) is 83.9 Å². The summed E-state index contributed by atoms with van der Waals surface area (Å²) >= 11 is 5.87. The molecule has 0 bridgehead atoms. The number of alkyl halides is 6. The first-order valence-corrected chi connectivity index (χ1v) is 23.7. The van der Waals surface area contributed by atoms with Gasteiger partial charge in [-0.05, 0) is 85.4 Å². The Morgan fingerprint density at radius 2 is 1.05 bits per heavy atom. The van der Waals surface area contributed by atoms with Gasteiger partial charge in [-0.3, -0.25) is 14.4 Å². The zero-order valence-corrected chi connectivity index (χ0v) is 37.7. The van der Waals surface area contributed by atoms with E-state index in [-0.39, 0.29) is 24.5 Å². The van der Waals surface area contributed by atoms with Crippen molar-refractivity contribution in [3.63, 3.8) is 0 Å². The molecule has 6 aromatic rings. The second-order valence-corrected chi connectivity index (χ2v) is 17.1. The average Bonchev–Trinajstić information content (AvgIpc) is 3.97. The average molecular weight is 993 g/mol. The van der Waals surface area contributed by atoms with Crippen LogP contribution < -0.4 is 21.7 Å². The highest BCUT2D eigenvalue weighted by atomic mass is 32.2. The Bertz CT molecular complexity index is 2440. The summed E-state index contributed by atoms with van der Waals surface area (Å²) in [6.45, 7) is 0. The molecule has 11 nitrogen and oxygen atoms in total. The highest BCUT2D eigenvalue weighted by molar-refractivity contribution is 7.98. The third-order valence-corrected chi connectivity index (χ3v) is 11.5. The van der Waals surface area contributed by atoms with Crippen LogP contribution in [0.4, 0.5) is 36.6 Å². The molecule has 2 atom stereocenters. The van der Waals surface area contributed by atoms with Crippen molar-refractivity contribution < 1.29 is 50.6 Å². The quantitative estimate of drug-likeness (QED) is 0.0623. The largest absolute Gasteiger partial charge is 0.478 e. The van der Waals surface area contributed by atoms with Gasteiger partial charge in [-0.15, -0.1) is 22.7 Å². The SMILES string of the molecule is C.CSCC[C@H](N)C(=O)Nc1nc(-c2ccccc2)cs1.CSCC[C@H](NC(=O)c1ccc(C(F)(F)F)cc1)C(=O)Nc1nc(-c2ccccc2)cs1.O=C(O)c1ccc(C(F)(F)F)cc1. The molecule has 66 heavy (non-hydrogen) atoms. The number of carboxylic acid groups (broad SMARTS) is 1. The number of benzene rings is 4. The number of carboxylic acids is 1. The number of nitrogens with one attached hydrogen (secondary N) is 3. The molecule has 6 rings (SSSR count). The molecule has 2 heterocycles. The van der Waals surface area contributed by atoms with Crippen molar-refractivity contribution in [2.45, 2.75) is 44.7 Å². The van der Waals surface area contributed by atoms with E-state index >= 15 is 0 Å². The number of halogens is 6. The van der Waals surface area contributed by atoms with E-state index in [1.54, 1.807) is 11.8 Å². The van der Waals surface area contributed by atoms with Crippen molar-refractivity contribution >= 4 is 80.2 Å². The monoisotopic (exact) mass is 992 g/mol. The van der Waals surface area contributed by atoms with E-state index in [2.05, 4.69) is 25.9 Å². The van der Waals surface area contributed by atoms with E-state index in [0.717, 1.165) is 76.8 Å². The van der Waals surface area contributed by atoms with Crippen LogP contribution in [-0.2, 0) is 21.9 Å². The van der Waals surface area contributed by atoms with Crippen molar-refractivity contribution in [3.8, 4) is 22.5 Å². The van der Waals surface area contributed by atoms with Gasteiger partial charge in [-0.1, -0.05) is 68.1 Å². The second kappa shape index (κ2) is 26.4. The third-order valence-electron chi connectivity index (χ3n) is 8.74. The van der Waals surface area contributed by atoms with Gasteiger partial charge < -0.3 is 26.8 Å². The summed E-state index contributed by atoms with van der Waals surface area (Å²) < 4.78 is 74.1. The summed E-state index contributed by atoms with van der Waals surface area (Å²) in [5.41, 5.74) is 7.55. The maximum atomic E-state index is 12.8. The normalized spacial score (nSPS) is 11.8. The summed E-state index contributed by atoms with van der Waals surface area (Å²) in [6, 6.07) is 25.2. The van der Waals surface area contributed by atoms with Gasteiger partial charge in [0.05, 0.1) is 34.1 Å². The van der Waals surface area contributed by atoms with Gasteiger partial charge in [0.25, 0.3) is 5.91 Å². The third kappa shape index (κ3) is 17.6. The van der Waals surface area contributed by atoms with Gasteiger partial charge in [0, 0.05) is 27.5 Å². The fourth-order valence-corrected chi connectivity index (χ4v) is 7.68. The van der Waals surface area contributed by atoms with Crippen LogP contribution >= 0.6 is 46.2 Å². The fourth-order valence-electron chi connectivity index (χ4n) is 5.27. The minimum atomic E-state index is -4.48. The standard InChI is InChI=1S/C22H20F3N3O2S2.C14H17N3OS2.C8H5F3O2.CH4/c1-31-12-11-17(26-19(29)15-7-9-16(10-8-15)22(23,24)25)20(30)28-21-27-18(13-32-21)14-5-3-2-4-6-14;1-19-8-7-11(15)13(18)17-14-16-12(9-20-14)10-5-3-2-4-6-10;9-8(10,11)6-3-1-5(2-4-6)7(12)13;/h2-10,13,17H,11-12H2,1H3,(H,26,29)(H,27,28,30);2-6,9,11H,7-8,15H2,1H3,(H,16,17,18);1-4H,(H,12,13);1H4/t17-;11-;;/m00../s1. The molecule has 0 unspecified atom stereocenters. The zero-order valence-electron chi connectivity index (χ0n) is 34.5. The lowest BCUT2D eigenvalue weighted by atomic mass is 10.1. The van der Waals surface area contributed by atoms with Crippen LogP contribution in [0.5, 0.6) is 0 Å². The number of aromatic nitrogens is 2. The first-order valence-electron chi connectivity index (χ1n) is 19.1. The van der Waals surface area contributed by atoms with Gasteiger partial charge in [0.2, 0.25) is 11.8 Å².